The van der Waals surface area contributed by atoms with E-state index in [-0.39, 0.29) is 49.2 Å². The van der Waals surface area contributed by atoms with Crippen molar-refractivity contribution in [2.45, 2.75) is 178 Å². The average molecular weight is 935 g/mol. The summed E-state index contributed by atoms with van der Waals surface area (Å²) in [6.45, 7) is 4.49. The number of benzene rings is 4. The summed E-state index contributed by atoms with van der Waals surface area (Å²) in [6, 6.07) is 22.0. The molecule has 0 spiro atoms. The van der Waals surface area contributed by atoms with Gasteiger partial charge in [0.2, 0.25) is 0 Å². The Labute approximate surface area is 408 Å². The van der Waals surface area contributed by atoms with Gasteiger partial charge in [0.05, 0.1) is 4.90 Å². The fourth-order valence-corrected chi connectivity index (χ4v) is 8.60. The Balaban J connectivity index is 0.000000427. The maximum Gasteiger partial charge on any atom is 2.00 e. The Morgan fingerprint density at radius 1 is 0.492 bits per heavy atom. The van der Waals surface area contributed by atoms with Crippen LogP contribution in [0.3, 0.4) is 0 Å². The van der Waals surface area contributed by atoms with Crippen molar-refractivity contribution in [3.63, 3.8) is 0 Å². The van der Waals surface area contributed by atoms with Crippen molar-refractivity contribution in [1.82, 2.24) is 0 Å². The number of hydrogen-bond donors (Lipinski definition) is 2. The van der Waals surface area contributed by atoms with Crippen LogP contribution in [-0.4, -0.2) is 68.8 Å². The molecule has 0 heterocycles. The van der Waals surface area contributed by atoms with Crippen LogP contribution in [0, 0.1) is 0 Å². The largest absolute Gasteiger partial charge is 2.00 e. The molecule has 344 valence electrons. The smallest absolute Gasteiger partial charge is 0.870 e. The summed E-state index contributed by atoms with van der Waals surface area (Å²) in [7, 11) is -9.30. The second-order valence-electron chi connectivity index (χ2n) is 16.2. The summed E-state index contributed by atoms with van der Waals surface area (Å²) in [5.74, 6) is -0.902. The van der Waals surface area contributed by atoms with E-state index < -0.39 is 41.5 Å². The van der Waals surface area contributed by atoms with Gasteiger partial charge in [0.25, 0.3) is 10.1 Å². The molecule has 63 heavy (non-hydrogen) atoms. The number of phenolic OH excluding ortho intramolecular Hbond substituents is 1. The van der Waals surface area contributed by atoms with E-state index in [1.807, 2.05) is 30.3 Å². The van der Waals surface area contributed by atoms with Crippen LogP contribution in [0.2, 0.25) is 0 Å². The zero-order valence-electron chi connectivity index (χ0n) is 37.7. The third-order valence-electron chi connectivity index (χ3n) is 10.8. The van der Waals surface area contributed by atoms with Gasteiger partial charge in [-0.05, 0) is 79.3 Å². The number of para-hydroxylation sites is 2. The third-order valence-corrected chi connectivity index (χ3v) is 12.6. The summed E-state index contributed by atoms with van der Waals surface area (Å²) < 4.78 is 77.9. The first-order valence-corrected chi connectivity index (χ1v) is 25.8. The van der Waals surface area contributed by atoms with Crippen LogP contribution in [0.1, 0.15) is 166 Å². The zero-order valence-corrected chi connectivity index (χ0v) is 41.6. The molecule has 0 saturated heterocycles. The second-order valence-corrected chi connectivity index (χ2v) is 18.9. The van der Waals surface area contributed by atoms with Crippen LogP contribution in [0.25, 0.3) is 0 Å². The Morgan fingerprint density at radius 2 is 0.857 bits per heavy atom. The Kier molecular flexibility index (Phi) is 28.5. The molecular formula is C50H70CaO10S2. The molecule has 0 aliphatic heterocycles. The van der Waals surface area contributed by atoms with Crippen molar-refractivity contribution in [3.05, 3.63) is 96.1 Å². The first kappa shape index (κ1) is 56.3. The van der Waals surface area contributed by atoms with Gasteiger partial charge in [-0.2, -0.15) is 8.42 Å². The normalized spacial score (nSPS) is 11.4. The van der Waals surface area contributed by atoms with Crippen LogP contribution in [0.15, 0.2) is 94.7 Å². The van der Waals surface area contributed by atoms with E-state index in [1.54, 1.807) is 18.2 Å². The molecule has 0 amide bonds. The number of phenols is 1. The number of ether oxygens (including phenoxy) is 2. The molecule has 4 rings (SSSR count). The molecular weight excluding hydrogens is 865 g/mol. The fraction of sp³-hybridized carbons (Fsp3) is 0.520. The third kappa shape index (κ3) is 23.3. The van der Waals surface area contributed by atoms with Gasteiger partial charge in [0.15, 0.2) is 11.5 Å². The van der Waals surface area contributed by atoms with Crippen LogP contribution in [-0.2, 0) is 33.1 Å². The van der Waals surface area contributed by atoms with E-state index >= 15 is 0 Å². The van der Waals surface area contributed by atoms with E-state index in [0.717, 1.165) is 42.9 Å². The van der Waals surface area contributed by atoms with Crippen LogP contribution >= 0.6 is 0 Å². The van der Waals surface area contributed by atoms with Gasteiger partial charge >= 0.3 is 37.7 Å². The predicted molar refractivity (Wildman–Crippen MR) is 251 cm³/mol. The standard InChI is InChI=1S/2C25H36O5S.Ca/c2*1-2-3-4-5-6-7-8-9-10-11-12-15-21-16-13-17-22(20-21)30-25-23(26)18-14-19-24(25)31(27,28)29;/h2*13-14,16-20,26H,2-12,15H2,1H3,(H,27,28,29);/q;;+2/p-2. The minimum absolute atomic E-state index is 0. The molecule has 0 bridgehead atoms. The molecule has 0 radical (unpaired) electrons. The number of aromatic hydroxyl groups is 1. The Hall–Kier alpha value is -2.84. The van der Waals surface area contributed by atoms with E-state index in [0.29, 0.717) is 11.5 Å². The van der Waals surface area contributed by atoms with Crippen molar-refractivity contribution in [2.75, 3.05) is 0 Å². The zero-order chi connectivity index (χ0) is 45.1. The van der Waals surface area contributed by atoms with Crippen molar-refractivity contribution in [1.29, 1.82) is 0 Å². The molecule has 0 atom stereocenters. The first-order chi connectivity index (χ1) is 29.8. The maximum absolute atomic E-state index is 12.0. The summed E-state index contributed by atoms with van der Waals surface area (Å²) in [6.07, 6.45) is 30.2. The summed E-state index contributed by atoms with van der Waals surface area (Å²) in [5, 5.41) is 22.0. The van der Waals surface area contributed by atoms with Gasteiger partial charge in [-0.25, -0.2) is 8.42 Å². The van der Waals surface area contributed by atoms with Gasteiger partial charge in [-0.15, -0.1) is 0 Å². The molecule has 13 heteroatoms. The molecule has 0 fully saturated rings. The number of rotatable bonds is 30. The molecule has 0 aromatic heterocycles. The van der Waals surface area contributed by atoms with E-state index in [9.17, 15) is 36.2 Å². The van der Waals surface area contributed by atoms with E-state index in [4.69, 9.17) is 9.47 Å². The molecule has 0 aliphatic rings. The monoisotopic (exact) mass is 934 g/mol. The van der Waals surface area contributed by atoms with Crippen molar-refractivity contribution in [2.24, 2.45) is 0 Å². The molecule has 0 aliphatic carbocycles. The van der Waals surface area contributed by atoms with Crippen molar-refractivity contribution < 1.29 is 45.6 Å². The number of hydrogen-bond acceptors (Lipinski definition) is 9. The molecule has 4 aromatic carbocycles. The van der Waals surface area contributed by atoms with Gasteiger partial charge in [-0.3, -0.25) is 4.55 Å². The maximum atomic E-state index is 12.0. The van der Waals surface area contributed by atoms with Crippen LogP contribution < -0.4 is 14.6 Å². The first-order valence-electron chi connectivity index (χ1n) is 22.9. The van der Waals surface area contributed by atoms with E-state index in [2.05, 4.69) is 13.8 Å². The summed E-state index contributed by atoms with van der Waals surface area (Å²) in [5.41, 5.74) is 2.15. The van der Waals surface area contributed by atoms with Gasteiger partial charge in [0.1, 0.15) is 32.3 Å². The number of aryl methyl sites for hydroxylation is 2. The molecule has 10 nitrogen and oxygen atoms in total. The van der Waals surface area contributed by atoms with Gasteiger partial charge < -0.3 is 24.2 Å². The molecule has 4 aromatic rings. The molecule has 2 N–H and O–H groups in total. The van der Waals surface area contributed by atoms with Crippen LogP contribution in [0.5, 0.6) is 34.5 Å². The van der Waals surface area contributed by atoms with Crippen molar-refractivity contribution >= 4 is 58.0 Å². The second kappa shape index (κ2) is 31.9. The average Bonchev–Trinajstić information content (AvgIpc) is 3.23. The topological polar surface area (TPSA) is 173 Å². The van der Waals surface area contributed by atoms with E-state index in [1.165, 1.54) is 159 Å². The van der Waals surface area contributed by atoms with Crippen LogP contribution in [0.4, 0.5) is 0 Å². The predicted octanol–water partition coefficient (Wildman–Crippen LogP) is 13.2. The summed E-state index contributed by atoms with van der Waals surface area (Å²) >= 11 is 0. The minimum Gasteiger partial charge on any atom is -0.870 e. The van der Waals surface area contributed by atoms with Crippen molar-refractivity contribution in [3.8, 4) is 34.5 Å². The Bertz CT molecular complexity index is 1940. The quantitative estimate of drug-likeness (QED) is 0.0291. The number of unbranched alkanes of at least 4 members (excludes halogenated alkanes) is 20. The minimum atomic E-state index is -4.79. The summed E-state index contributed by atoms with van der Waals surface area (Å²) in [4.78, 5) is -1.08. The fourth-order valence-electron chi connectivity index (χ4n) is 7.35. The Morgan fingerprint density at radius 3 is 1.27 bits per heavy atom. The van der Waals surface area contributed by atoms with Gasteiger partial charge in [0, 0.05) is 0 Å². The SMILES string of the molecule is CCCCCCCCCCCCCc1cccc(Oc2c(O)cccc2S(=O)(=O)O)c1.CCCCCCCCCCCCCc1cccc(Oc2c([O-])cccc2S(=O)(=O)[O-])c1.[Ca+2]. The molecule has 0 unspecified atom stereocenters. The van der Waals surface area contributed by atoms with Gasteiger partial charge in [-0.1, -0.05) is 190 Å². The molecule has 0 saturated carbocycles.